The predicted molar refractivity (Wildman–Crippen MR) is 163 cm³/mol. The summed E-state index contributed by atoms with van der Waals surface area (Å²) < 4.78 is 0. The normalized spacial score (nSPS) is 18.0. The predicted octanol–water partition coefficient (Wildman–Crippen LogP) is 9.47. The molecular weight excluding hydrogens is 498 g/mol. The van der Waals surface area contributed by atoms with Crippen LogP contribution in [-0.2, 0) is 6.42 Å². The van der Waals surface area contributed by atoms with Crippen molar-refractivity contribution in [2.75, 3.05) is 5.32 Å². The molecule has 0 radical (unpaired) electrons. The SMILES string of the molecule is CCCC1CCC(Cc2cccc(Nc3nccc(-c4ccc(C(=O)C[C@H](C)c5ccccc5)s4)n3)c2)CC1. The second-order valence-corrected chi connectivity index (χ2v) is 12.2. The molecule has 2 heterocycles. The van der Waals surface area contributed by atoms with Gasteiger partial charge >= 0.3 is 0 Å². The number of nitrogens with zero attached hydrogens (tertiary/aromatic N) is 2. The first-order valence-corrected chi connectivity index (χ1v) is 15.3. The molecule has 5 heteroatoms. The van der Waals surface area contributed by atoms with Gasteiger partial charge in [-0.3, -0.25) is 4.79 Å². The van der Waals surface area contributed by atoms with Gasteiger partial charge in [0.15, 0.2) is 5.78 Å². The van der Waals surface area contributed by atoms with Gasteiger partial charge in [-0.1, -0.05) is 82.0 Å². The molecule has 0 unspecified atom stereocenters. The van der Waals surface area contributed by atoms with Crippen LogP contribution in [-0.4, -0.2) is 15.8 Å². The largest absolute Gasteiger partial charge is 0.324 e. The maximum absolute atomic E-state index is 13.0. The molecule has 2 aromatic heterocycles. The number of hydrogen-bond acceptors (Lipinski definition) is 5. The van der Waals surface area contributed by atoms with Gasteiger partial charge in [0, 0.05) is 18.3 Å². The summed E-state index contributed by atoms with van der Waals surface area (Å²) in [5.41, 5.74) is 4.41. The van der Waals surface area contributed by atoms with Crippen LogP contribution in [0.3, 0.4) is 0 Å². The van der Waals surface area contributed by atoms with Crippen LogP contribution in [0.25, 0.3) is 10.6 Å². The third kappa shape index (κ3) is 7.42. The number of hydrogen-bond donors (Lipinski definition) is 1. The number of benzene rings is 2. The van der Waals surface area contributed by atoms with Crippen molar-refractivity contribution in [1.82, 2.24) is 9.97 Å². The van der Waals surface area contributed by atoms with Crippen molar-refractivity contribution < 1.29 is 4.79 Å². The molecule has 0 saturated heterocycles. The number of rotatable bonds is 11. The molecule has 1 aliphatic carbocycles. The van der Waals surface area contributed by atoms with Gasteiger partial charge in [-0.15, -0.1) is 11.3 Å². The summed E-state index contributed by atoms with van der Waals surface area (Å²) in [6, 6.07) is 24.7. The number of anilines is 2. The first-order valence-electron chi connectivity index (χ1n) is 14.4. The highest BCUT2D eigenvalue weighted by atomic mass is 32.1. The summed E-state index contributed by atoms with van der Waals surface area (Å²) >= 11 is 1.50. The molecule has 1 saturated carbocycles. The molecule has 2 aromatic carbocycles. The summed E-state index contributed by atoms with van der Waals surface area (Å²) in [6.07, 6.45) is 11.6. The second kappa shape index (κ2) is 13.2. The number of nitrogens with one attached hydrogen (secondary N) is 1. The van der Waals surface area contributed by atoms with E-state index in [1.54, 1.807) is 6.20 Å². The van der Waals surface area contributed by atoms with Crippen LogP contribution in [0.1, 0.15) is 85.5 Å². The Hall–Kier alpha value is -3.31. The quantitative estimate of drug-likeness (QED) is 0.194. The van der Waals surface area contributed by atoms with Crippen LogP contribution >= 0.6 is 11.3 Å². The molecule has 0 amide bonds. The Morgan fingerprint density at radius 2 is 1.77 bits per heavy atom. The molecule has 0 aliphatic heterocycles. The minimum absolute atomic E-state index is 0.172. The van der Waals surface area contributed by atoms with Crippen LogP contribution in [0.5, 0.6) is 0 Å². The van der Waals surface area contributed by atoms with Gasteiger partial charge in [-0.05, 0) is 78.5 Å². The fourth-order valence-electron chi connectivity index (χ4n) is 5.83. The molecular formula is C34H39N3OS. The van der Waals surface area contributed by atoms with E-state index in [0.29, 0.717) is 12.4 Å². The number of Topliss-reactive ketones (excluding diaryl/α,β-unsaturated/α-hetero) is 1. The average molecular weight is 538 g/mol. The van der Waals surface area contributed by atoms with Crippen molar-refractivity contribution in [3.8, 4) is 10.6 Å². The minimum atomic E-state index is 0.172. The van der Waals surface area contributed by atoms with E-state index < -0.39 is 0 Å². The zero-order chi connectivity index (χ0) is 27.0. The smallest absolute Gasteiger partial charge is 0.227 e. The summed E-state index contributed by atoms with van der Waals surface area (Å²) in [5, 5.41) is 3.40. The van der Waals surface area contributed by atoms with Crippen LogP contribution in [0.4, 0.5) is 11.6 Å². The second-order valence-electron chi connectivity index (χ2n) is 11.1. The Bertz CT molecular complexity index is 1360. The number of ketones is 1. The summed E-state index contributed by atoms with van der Waals surface area (Å²) in [7, 11) is 0. The van der Waals surface area contributed by atoms with Gasteiger partial charge < -0.3 is 5.32 Å². The Balaban J connectivity index is 1.20. The first kappa shape index (κ1) is 27.3. The molecule has 1 fully saturated rings. The van der Waals surface area contributed by atoms with Crippen molar-refractivity contribution in [3.63, 3.8) is 0 Å². The van der Waals surface area contributed by atoms with E-state index in [2.05, 4.69) is 60.5 Å². The van der Waals surface area contributed by atoms with E-state index in [1.165, 1.54) is 61.0 Å². The van der Waals surface area contributed by atoms with Crippen LogP contribution in [0.2, 0.25) is 0 Å². The van der Waals surface area contributed by atoms with E-state index in [0.717, 1.165) is 39.4 Å². The Morgan fingerprint density at radius 3 is 2.56 bits per heavy atom. The highest BCUT2D eigenvalue weighted by Gasteiger charge is 2.21. The number of thiophene rings is 1. The number of aromatic nitrogens is 2. The maximum atomic E-state index is 13.0. The van der Waals surface area contributed by atoms with Gasteiger partial charge in [0.25, 0.3) is 0 Å². The van der Waals surface area contributed by atoms with Crippen molar-refractivity contribution in [2.24, 2.45) is 11.8 Å². The molecule has 39 heavy (non-hydrogen) atoms. The van der Waals surface area contributed by atoms with E-state index in [9.17, 15) is 4.79 Å². The molecule has 202 valence electrons. The monoisotopic (exact) mass is 537 g/mol. The van der Waals surface area contributed by atoms with E-state index in [-0.39, 0.29) is 11.7 Å². The number of carbonyl (C=O) groups excluding carboxylic acids is 1. The Labute approximate surface area is 236 Å². The van der Waals surface area contributed by atoms with Crippen molar-refractivity contribution in [2.45, 2.75) is 71.1 Å². The van der Waals surface area contributed by atoms with Gasteiger partial charge in [0.1, 0.15) is 0 Å². The molecule has 0 bridgehead atoms. The third-order valence-electron chi connectivity index (χ3n) is 8.02. The fraction of sp³-hybridized carbons (Fsp3) is 0.382. The van der Waals surface area contributed by atoms with E-state index in [4.69, 9.17) is 4.98 Å². The van der Waals surface area contributed by atoms with E-state index in [1.807, 2.05) is 36.4 Å². The lowest BCUT2D eigenvalue weighted by Crippen LogP contribution is -2.16. The summed E-state index contributed by atoms with van der Waals surface area (Å²) in [6.45, 7) is 4.41. The molecule has 1 N–H and O–H groups in total. The summed E-state index contributed by atoms with van der Waals surface area (Å²) in [4.78, 5) is 23.9. The van der Waals surface area contributed by atoms with Crippen LogP contribution < -0.4 is 5.32 Å². The lowest BCUT2D eigenvalue weighted by atomic mass is 9.78. The van der Waals surface area contributed by atoms with Gasteiger partial charge in [-0.2, -0.15) is 0 Å². The Kier molecular flexibility index (Phi) is 9.20. The highest BCUT2D eigenvalue weighted by molar-refractivity contribution is 7.17. The standard InChI is InChI=1S/C34H39N3OS/c1-3-8-25-13-15-26(16-14-25)22-27-9-7-12-29(23-27)36-34-35-20-19-30(37-34)32-17-18-33(39-32)31(38)21-24(2)28-10-5-4-6-11-28/h4-7,9-12,17-20,23-26H,3,8,13-16,21-22H2,1-2H3,(H,35,36,37)/t24-,25?,26?/m0/s1. The molecule has 0 spiro atoms. The molecule has 1 aliphatic rings. The average Bonchev–Trinajstić information content (AvgIpc) is 3.46. The van der Waals surface area contributed by atoms with Crippen molar-refractivity contribution in [1.29, 1.82) is 0 Å². The van der Waals surface area contributed by atoms with Crippen molar-refractivity contribution >= 4 is 28.8 Å². The highest BCUT2D eigenvalue weighted by Crippen LogP contribution is 2.34. The van der Waals surface area contributed by atoms with Gasteiger partial charge in [0.2, 0.25) is 5.95 Å². The van der Waals surface area contributed by atoms with Gasteiger partial charge in [-0.25, -0.2) is 9.97 Å². The van der Waals surface area contributed by atoms with Crippen LogP contribution in [0, 0.1) is 11.8 Å². The van der Waals surface area contributed by atoms with Crippen molar-refractivity contribution in [3.05, 3.63) is 95.0 Å². The molecule has 4 aromatic rings. The third-order valence-corrected chi connectivity index (χ3v) is 9.17. The van der Waals surface area contributed by atoms with E-state index >= 15 is 0 Å². The fourth-order valence-corrected chi connectivity index (χ4v) is 6.76. The first-order chi connectivity index (χ1) is 19.1. The summed E-state index contributed by atoms with van der Waals surface area (Å²) in [5.74, 6) is 2.67. The molecule has 4 nitrogen and oxygen atoms in total. The zero-order valence-electron chi connectivity index (χ0n) is 23.1. The lowest BCUT2D eigenvalue weighted by Gasteiger charge is -2.28. The lowest BCUT2D eigenvalue weighted by molar-refractivity contribution is 0.0979. The van der Waals surface area contributed by atoms with Crippen LogP contribution in [0.15, 0.2) is 79.0 Å². The molecule has 1 atom stereocenters. The zero-order valence-corrected chi connectivity index (χ0v) is 23.9. The minimum Gasteiger partial charge on any atom is -0.324 e. The molecule has 5 rings (SSSR count). The van der Waals surface area contributed by atoms with Gasteiger partial charge in [0.05, 0.1) is 15.4 Å². The Morgan fingerprint density at radius 1 is 0.974 bits per heavy atom. The topological polar surface area (TPSA) is 54.9 Å². The number of carbonyl (C=O) groups is 1. The maximum Gasteiger partial charge on any atom is 0.227 e.